The molecule has 0 spiro atoms. The molecule has 0 N–H and O–H groups in total. The minimum Gasteiger partial charge on any atom is -0.495 e. The molecule has 12 heteroatoms. The molecule has 0 atom stereocenters. The summed E-state index contributed by atoms with van der Waals surface area (Å²) in [6.07, 6.45) is 0. The molecule has 1 aromatic heterocycles. The fraction of sp³-hybridized carbons (Fsp3) is 0.417. The van der Waals surface area contributed by atoms with Crippen LogP contribution in [0.2, 0.25) is 0 Å². The maximum atomic E-state index is 13.9. The van der Waals surface area contributed by atoms with E-state index >= 15 is 0 Å². The molecule has 0 fully saturated rings. The zero-order valence-electron chi connectivity index (χ0n) is 21.2. The molecule has 0 aliphatic rings. The molecule has 0 saturated carbocycles. The van der Waals surface area contributed by atoms with Crippen LogP contribution in [0.4, 0.5) is 10.8 Å². The molecule has 3 rings (SSSR count). The van der Waals surface area contributed by atoms with Crippen LogP contribution in [0.15, 0.2) is 24.3 Å². The lowest BCUT2D eigenvalue weighted by molar-refractivity contribution is -0.385. The van der Waals surface area contributed by atoms with Crippen LogP contribution in [0.3, 0.4) is 0 Å². The van der Waals surface area contributed by atoms with Crippen LogP contribution in [0.1, 0.15) is 24.2 Å². The largest absolute Gasteiger partial charge is 0.495 e. The van der Waals surface area contributed by atoms with Gasteiger partial charge in [-0.05, 0) is 25.2 Å². The molecule has 2 aromatic carbocycles. The first-order valence-electron chi connectivity index (χ1n) is 11.3. The van der Waals surface area contributed by atoms with Crippen molar-refractivity contribution in [1.82, 2.24) is 9.88 Å². The summed E-state index contributed by atoms with van der Waals surface area (Å²) in [4.78, 5) is 33.5. The molecule has 0 radical (unpaired) electrons. The fourth-order valence-electron chi connectivity index (χ4n) is 3.79. The number of aromatic nitrogens is 1. The third kappa shape index (κ3) is 5.29. The van der Waals surface area contributed by atoms with E-state index in [9.17, 15) is 14.9 Å². The molecule has 1 amide bonds. The number of rotatable bonds is 12. The van der Waals surface area contributed by atoms with E-state index in [0.29, 0.717) is 33.4 Å². The van der Waals surface area contributed by atoms with Crippen molar-refractivity contribution >= 4 is 38.3 Å². The standard InChI is InChI=1S/C24H30N4O7S/c1-7-26(8-2)11-12-27(24-25-21-17(32-3)9-10-18(33-4)22(21)36-24)23(29)15-13-19(34-5)20(35-6)14-16(15)28(30)31/h9-10,13-14H,7-8,11-12H2,1-6H3. The van der Waals surface area contributed by atoms with E-state index in [2.05, 4.69) is 4.90 Å². The van der Waals surface area contributed by atoms with Gasteiger partial charge in [-0.2, -0.15) is 0 Å². The lowest BCUT2D eigenvalue weighted by Gasteiger charge is -2.25. The van der Waals surface area contributed by atoms with Crippen molar-refractivity contribution in [1.29, 1.82) is 0 Å². The van der Waals surface area contributed by atoms with Gasteiger partial charge < -0.3 is 23.8 Å². The van der Waals surface area contributed by atoms with Gasteiger partial charge in [-0.25, -0.2) is 4.98 Å². The van der Waals surface area contributed by atoms with Gasteiger partial charge in [0.15, 0.2) is 16.6 Å². The topological polar surface area (TPSA) is 117 Å². The highest BCUT2D eigenvalue weighted by atomic mass is 32.1. The molecule has 0 saturated heterocycles. The second-order valence-electron chi connectivity index (χ2n) is 7.61. The zero-order valence-corrected chi connectivity index (χ0v) is 22.0. The fourth-order valence-corrected chi connectivity index (χ4v) is 4.89. The summed E-state index contributed by atoms with van der Waals surface area (Å²) in [5, 5.41) is 12.3. The van der Waals surface area contributed by atoms with Gasteiger partial charge in [-0.3, -0.25) is 19.8 Å². The number of amides is 1. The lowest BCUT2D eigenvalue weighted by Crippen LogP contribution is -2.39. The summed E-state index contributed by atoms with van der Waals surface area (Å²) in [6.45, 7) is 6.44. The van der Waals surface area contributed by atoms with Gasteiger partial charge in [0, 0.05) is 19.2 Å². The molecule has 0 aliphatic heterocycles. The number of anilines is 1. The van der Waals surface area contributed by atoms with Crippen molar-refractivity contribution in [2.24, 2.45) is 0 Å². The quantitative estimate of drug-likeness (QED) is 0.256. The first-order valence-corrected chi connectivity index (χ1v) is 12.1. The van der Waals surface area contributed by atoms with Crippen molar-refractivity contribution in [3.63, 3.8) is 0 Å². The van der Waals surface area contributed by atoms with Gasteiger partial charge in [0.05, 0.1) is 39.4 Å². The Labute approximate surface area is 213 Å². The van der Waals surface area contributed by atoms with Crippen LogP contribution >= 0.6 is 11.3 Å². The minimum atomic E-state index is -0.609. The molecule has 3 aromatic rings. The summed E-state index contributed by atoms with van der Waals surface area (Å²) in [5.74, 6) is 0.906. The summed E-state index contributed by atoms with van der Waals surface area (Å²) in [7, 11) is 5.87. The van der Waals surface area contributed by atoms with E-state index in [1.165, 1.54) is 49.7 Å². The van der Waals surface area contributed by atoms with Crippen LogP contribution in [-0.4, -0.2) is 75.3 Å². The van der Waals surface area contributed by atoms with Crippen molar-refractivity contribution in [2.75, 3.05) is 59.5 Å². The highest BCUT2D eigenvalue weighted by Crippen LogP contribution is 2.41. The number of ether oxygens (including phenoxy) is 4. The molecule has 0 bridgehead atoms. The van der Waals surface area contributed by atoms with Gasteiger partial charge in [0.25, 0.3) is 11.6 Å². The highest BCUT2D eigenvalue weighted by molar-refractivity contribution is 7.22. The first kappa shape index (κ1) is 27.0. The van der Waals surface area contributed by atoms with Gasteiger partial charge in [0.2, 0.25) is 0 Å². The van der Waals surface area contributed by atoms with Crippen LogP contribution in [0.25, 0.3) is 10.2 Å². The van der Waals surface area contributed by atoms with Gasteiger partial charge in [-0.15, -0.1) is 0 Å². The number of likely N-dealkylation sites (N-methyl/N-ethyl adjacent to an activating group) is 1. The third-order valence-electron chi connectivity index (χ3n) is 5.84. The Morgan fingerprint density at radius 2 is 1.53 bits per heavy atom. The Hall–Kier alpha value is -3.64. The van der Waals surface area contributed by atoms with E-state index in [-0.39, 0.29) is 29.3 Å². The highest BCUT2D eigenvalue weighted by Gasteiger charge is 2.31. The molecule has 11 nitrogen and oxygen atoms in total. The van der Waals surface area contributed by atoms with E-state index < -0.39 is 10.8 Å². The van der Waals surface area contributed by atoms with Crippen LogP contribution < -0.4 is 23.8 Å². The molecule has 1 heterocycles. The van der Waals surface area contributed by atoms with E-state index in [1.807, 2.05) is 13.8 Å². The van der Waals surface area contributed by atoms with Crippen LogP contribution in [-0.2, 0) is 0 Å². The lowest BCUT2D eigenvalue weighted by atomic mass is 10.1. The second-order valence-corrected chi connectivity index (χ2v) is 8.59. The third-order valence-corrected chi connectivity index (χ3v) is 6.93. The van der Waals surface area contributed by atoms with E-state index in [0.717, 1.165) is 13.1 Å². The number of carbonyl (C=O) groups excluding carboxylic acids is 1. The number of nitro benzene ring substituents is 1. The Bertz CT molecular complexity index is 1200. The summed E-state index contributed by atoms with van der Waals surface area (Å²) < 4.78 is 22.2. The van der Waals surface area contributed by atoms with Gasteiger partial charge >= 0.3 is 0 Å². The normalized spacial score (nSPS) is 11.0. The van der Waals surface area contributed by atoms with Gasteiger partial charge in [0.1, 0.15) is 27.3 Å². The van der Waals surface area contributed by atoms with Crippen molar-refractivity contribution in [3.05, 3.63) is 39.9 Å². The number of nitrogens with zero attached hydrogens (tertiary/aromatic N) is 4. The maximum Gasteiger partial charge on any atom is 0.286 e. The Balaban J connectivity index is 2.19. The number of thiazole rings is 1. The molecule has 36 heavy (non-hydrogen) atoms. The SMILES string of the molecule is CCN(CC)CCN(C(=O)c1cc(OC)c(OC)cc1[N+](=O)[O-])c1nc2c(OC)ccc(OC)c2s1. The maximum absolute atomic E-state index is 13.9. The predicted octanol–water partition coefficient (Wildman–Crippen LogP) is 4.23. The summed E-state index contributed by atoms with van der Waals surface area (Å²) >= 11 is 1.25. The Morgan fingerprint density at radius 3 is 2.08 bits per heavy atom. The Morgan fingerprint density at radius 1 is 0.944 bits per heavy atom. The second kappa shape index (κ2) is 11.9. The van der Waals surface area contributed by atoms with Crippen molar-refractivity contribution < 1.29 is 28.7 Å². The molecular weight excluding hydrogens is 488 g/mol. The van der Waals surface area contributed by atoms with Crippen molar-refractivity contribution in [2.45, 2.75) is 13.8 Å². The average molecular weight is 519 g/mol. The number of hydrogen-bond acceptors (Lipinski definition) is 10. The number of hydrogen-bond donors (Lipinski definition) is 0. The monoisotopic (exact) mass is 518 g/mol. The van der Waals surface area contributed by atoms with Crippen LogP contribution in [0, 0.1) is 10.1 Å². The predicted molar refractivity (Wildman–Crippen MR) is 138 cm³/mol. The number of carbonyl (C=O) groups is 1. The first-order chi connectivity index (χ1) is 17.3. The molecule has 194 valence electrons. The van der Waals surface area contributed by atoms with E-state index in [1.54, 1.807) is 19.2 Å². The number of nitro groups is 1. The van der Waals surface area contributed by atoms with E-state index in [4.69, 9.17) is 23.9 Å². The molecule has 0 unspecified atom stereocenters. The summed E-state index contributed by atoms with van der Waals surface area (Å²) in [5.41, 5.74) is 0.0245. The number of benzene rings is 2. The Kier molecular flexibility index (Phi) is 8.88. The number of fused-ring (bicyclic) bond motifs is 1. The number of methoxy groups -OCH3 is 4. The molecule has 0 aliphatic carbocycles. The average Bonchev–Trinajstić information content (AvgIpc) is 3.34. The smallest absolute Gasteiger partial charge is 0.286 e. The summed E-state index contributed by atoms with van der Waals surface area (Å²) in [6, 6.07) is 6.04. The zero-order chi connectivity index (χ0) is 26.4. The van der Waals surface area contributed by atoms with Crippen LogP contribution in [0.5, 0.6) is 23.0 Å². The van der Waals surface area contributed by atoms with Crippen molar-refractivity contribution in [3.8, 4) is 23.0 Å². The molecular formula is C24H30N4O7S. The minimum absolute atomic E-state index is 0.129. The van der Waals surface area contributed by atoms with Gasteiger partial charge in [-0.1, -0.05) is 25.2 Å².